The Morgan fingerprint density at radius 3 is 1.70 bits per heavy atom. The Labute approximate surface area is 185 Å². The van der Waals surface area contributed by atoms with Gasteiger partial charge in [-0.05, 0) is 42.5 Å². The predicted molar refractivity (Wildman–Crippen MR) is 118 cm³/mol. The van der Waals surface area contributed by atoms with Crippen molar-refractivity contribution < 1.29 is 15.3 Å². The van der Waals surface area contributed by atoms with Crippen LogP contribution in [0.3, 0.4) is 0 Å². The van der Waals surface area contributed by atoms with Gasteiger partial charge in [-0.25, -0.2) is 0 Å². The van der Waals surface area contributed by atoms with Crippen LogP contribution >= 0.6 is 23.2 Å². The SMILES string of the molecule is Oc1ccc(Cl)cc1CN1CCN(Cc2cc(Cl)ccc2O)C1c1ccccc1O. The summed E-state index contributed by atoms with van der Waals surface area (Å²) in [5.41, 5.74) is 2.20. The summed E-state index contributed by atoms with van der Waals surface area (Å²) in [5.74, 6) is 0.563. The summed E-state index contributed by atoms with van der Waals surface area (Å²) in [5, 5.41) is 32.2. The smallest absolute Gasteiger partial charge is 0.121 e. The molecular formula is C23H22Cl2N2O3. The van der Waals surface area contributed by atoms with Crippen LogP contribution in [0.4, 0.5) is 0 Å². The molecule has 0 aliphatic carbocycles. The molecule has 0 unspecified atom stereocenters. The lowest BCUT2D eigenvalue weighted by Crippen LogP contribution is -2.30. The second-order valence-corrected chi connectivity index (χ2v) is 8.29. The fourth-order valence-corrected chi connectivity index (χ4v) is 4.35. The molecule has 1 saturated heterocycles. The average molecular weight is 445 g/mol. The van der Waals surface area contributed by atoms with Gasteiger partial charge < -0.3 is 15.3 Å². The molecule has 7 heteroatoms. The van der Waals surface area contributed by atoms with E-state index in [2.05, 4.69) is 9.80 Å². The van der Waals surface area contributed by atoms with Gasteiger partial charge in [0.25, 0.3) is 0 Å². The first kappa shape index (κ1) is 20.8. The first-order valence-electron chi connectivity index (χ1n) is 9.63. The van der Waals surface area contributed by atoms with Gasteiger partial charge in [0.05, 0.1) is 6.17 Å². The Balaban J connectivity index is 1.68. The molecule has 3 aromatic rings. The van der Waals surface area contributed by atoms with Gasteiger partial charge in [-0.3, -0.25) is 9.80 Å². The van der Waals surface area contributed by atoms with Crippen molar-refractivity contribution in [2.45, 2.75) is 19.3 Å². The Morgan fingerprint density at radius 2 is 1.20 bits per heavy atom. The van der Waals surface area contributed by atoms with Crippen molar-refractivity contribution >= 4 is 23.2 Å². The van der Waals surface area contributed by atoms with Crippen LogP contribution < -0.4 is 0 Å². The van der Waals surface area contributed by atoms with Crippen LogP contribution in [-0.2, 0) is 13.1 Å². The number of phenolic OH excluding ortho intramolecular Hbond substituents is 3. The van der Waals surface area contributed by atoms with Crippen molar-refractivity contribution in [3.05, 3.63) is 87.4 Å². The fourth-order valence-electron chi connectivity index (χ4n) is 3.96. The molecule has 156 valence electrons. The van der Waals surface area contributed by atoms with Crippen molar-refractivity contribution in [1.82, 2.24) is 9.80 Å². The van der Waals surface area contributed by atoms with Crippen molar-refractivity contribution in [2.24, 2.45) is 0 Å². The maximum Gasteiger partial charge on any atom is 0.121 e. The molecular weight excluding hydrogens is 423 g/mol. The van der Waals surface area contributed by atoms with E-state index in [-0.39, 0.29) is 23.4 Å². The zero-order valence-electron chi connectivity index (χ0n) is 16.2. The Bertz CT molecular complexity index is 999. The van der Waals surface area contributed by atoms with Gasteiger partial charge in [0.1, 0.15) is 17.2 Å². The molecule has 0 aromatic heterocycles. The van der Waals surface area contributed by atoms with Crippen LogP contribution in [-0.4, -0.2) is 38.2 Å². The van der Waals surface area contributed by atoms with Crippen molar-refractivity contribution in [1.29, 1.82) is 0 Å². The van der Waals surface area contributed by atoms with E-state index in [0.29, 0.717) is 36.2 Å². The molecule has 30 heavy (non-hydrogen) atoms. The summed E-state index contributed by atoms with van der Waals surface area (Å²) >= 11 is 12.3. The molecule has 0 bridgehead atoms. The zero-order chi connectivity index (χ0) is 21.3. The highest BCUT2D eigenvalue weighted by atomic mass is 35.5. The van der Waals surface area contributed by atoms with E-state index in [0.717, 1.165) is 16.7 Å². The third-order valence-electron chi connectivity index (χ3n) is 5.41. The monoisotopic (exact) mass is 444 g/mol. The highest BCUT2D eigenvalue weighted by Gasteiger charge is 2.35. The van der Waals surface area contributed by atoms with E-state index in [9.17, 15) is 15.3 Å². The van der Waals surface area contributed by atoms with Gasteiger partial charge >= 0.3 is 0 Å². The highest BCUT2D eigenvalue weighted by Crippen LogP contribution is 2.39. The third-order valence-corrected chi connectivity index (χ3v) is 5.88. The first-order chi connectivity index (χ1) is 14.4. The fraction of sp³-hybridized carbons (Fsp3) is 0.217. The molecule has 1 heterocycles. The minimum Gasteiger partial charge on any atom is -0.508 e. The number of phenols is 3. The van der Waals surface area contributed by atoms with E-state index in [1.165, 1.54) is 0 Å². The van der Waals surface area contributed by atoms with Gasteiger partial charge in [-0.15, -0.1) is 0 Å². The highest BCUT2D eigenvalue weighted by molar-refractivity contribution is 6.31. The van der Waals surface area contributed by atoms with E-state index in [4.69, 9.17) is 23.2 Å². The summed E-state index contributed by atoms with van der Waals surface area (Å²) in [6, 6.07) is 17.2. The maximum absolute atomic E-state index is 10.5. The Morgan fingerprint density at radius 1 is 0.700 bits per heavy atom. The lowest BCUT2D eigenvalue weighted by atomic mass is 10.1. The number of para-hydroxylation sites is 1. The molecule has 0 saturated carbocycles. The van der Waals surface area contributed by atoms with Gasteiger partial charge in [0.15, 0.2) is 0 Å². The summed E-state index contributed by atoms with van der Waals surface area (Å²) in [7, 11) is 0. The average Bonchev–Trinajstić information content (AvgIpc) is 3.10. The predicted octanol–water partition coefficient (Wildman–Crippen LogP) is 5.13. The summed E-state index contributed by atoms with van der Waals surface area (Å²) in [4.78, 5) is 4.34. The molecule has 0 radical (unpaired) electrons. The standard InChI is InChI=1S/C23H22Cl2N2O3/c24-17-5-7-20(28)15(11-17)13-26-9-10-27(14-16-12-18(25)6-8-21(16)29)23(26)19-3-1-2-4-22(19)30/h1-8,11-12,23,28-30H,9-10,13-14H2. The summed E-state index contributed by atoms with van der Waals surface area (Å²) in [6.07, 6.45) is -0.247. The summed E-state index contributed by atoms with van der Waals surface area (Å²) < 4.78 is 0. The van der Waals surface area contributed by atoms with E-state index in [1.807, 2.05) is 12.1 Å². The molecule has 1 aliphatic heterocycles. The van der Waals surface area contributed by atoms with Gasteiger partial charge in [-0.1, -0.05) is 41.4 Å². The van der Waals surface area contributed by atoms with Crippen LogP contribution in [0.1, 0.15) is 22.9 Å². The molecule has 5 nitrogen and oxygen atoms in total. The Kier molecular flexibility index (Phi) is 6.06. The molecule has 4 rings (SSSR count). The second kappa shape index (κ2) is 8.74. The topological polar surface area (TPSA) is 67.2 Å². The van der Waals surface area contributed by atoms with Crippen LogP contribution in [0, 0.1) is 0 Å². The van der Waals surface area contributed by atoms with E-state index >= 15 is 0 Å². The number of hydrogen-bond donors (Lipinski definition) is 3. The van der Waals surface area contributed by atoms with Gasteiger partial charge in [-0.2, -0.15) is 0 Å². The molecule has 1 aliphatic rings. The first-order valence-corrected chi connectivity index (χ1v) is 10.4. The van der Waals surface area contributed by atoms with E-state index in [1.54, 1.807) is 48.5 Å². The maximum atomic E-state index is 10.5. The second-order valence-electron chi connectivity index (χ2n) is 7.42. The number of rotatable bonds is 5. The molecule has 0 spiro atoms. The number of benzene rings is 3. The van der Waals surface area contributed by atoms with E-state index < -0.39 is 0 Å². The lowest BCUT2D eigenvalue weighted by Gasteiger charge is -2.31. The number of halogens is 2. The zero-order valence-corrected chi connectivity index (χ0v) is 17.7. The van der Waals surface area contributed by atoms with Crippen LogP contribution in [0.25, 0.3) is 0 Å². The molecule has 0 amide bonds. The van der Waals surface area contributed by atoms with Crippen LogP contribution in [0.2, 0.25) is 10.0 Å². The van der Waals surface area contributed by atoms with Crippen LogP contribution in [0.15, 0.2) is 60.7 Å². The number of hydrogen-bond acceptors (Lipinski definition) is 5. The van der Waals surface area contributed by atoms with Crippen molar-refractivity contribution in [3.63, 3.8) is 0 Å². The Hall–Kier alpha value is -2.44. The normalized spacial score (nSPS) is 15.7. The molecule has 0 atom stereocenters. The number of aromatic hydroxyl groups is 3. The largest absolute Gasteiger partial charge is 0.508 e. The third kappa shape index (κ3) is 4.35. The number of nitrogens with zero attached hydrogens (tertiary/aromatic N) is 2. The molecule has 1 fully saturated rings. The minimum absolute atomic E-state index is 0.182. The lowest BCUT2D eigenvalue weighted by molar-refractivity contribution is 0.121. The van der Waals surface area contributed by atoms with Crippen molar-refractivity contribution in [3.8, 4) is 17.2 Å². The molecule has 3 N–H and O–H groups in total. The summed E-state index contributed by atoms with van der Waals surface area (Å²) in [6.45, 7) is 2.35. The molecule has 3 aromatic carbocycles. The quantitative estimate of drug-likeness (QED) is 0.508. The minimum atomic E-state index is -0.247. The van der Waals surface area contributed by atoms with Crippen LogP contribution in [0.5, 0.6) is 17.2 Å². The van der Waals surface area contributed by atoms with Crippen molar-refractivity contribution in [2.75, 3.05) is 13.1 Å². The van der Waals surface area contributed by atoms with Gasteiger partial charge in [0.2, 0.25) is 0 Å². The van der Waals surface area contributed by atoms with Gasteiger partial charge in [0, 0.05) is 52.9 Å².